The van der Waals surface area contributed by atoms with Gasteiger partial charge in [0.25, 0.3) is 0 Å². The first-order chi connectivity index (χ1) is 18.4. The molecule has 0 spiro atoms. The van der Waals surface area contributed by atoms with Crippen LogP contribution in [0.15, 0.2) is 48.1 Å². The minimum atomic E-state index is -0.509. The predicted molar refractivity (Wildman–Crippen MR) is 157 cm³/mol. The predicted octanol–water partition coefficient (Wildman–Crippen LogP) is 7.52. The smallest absolute Gasteiger partial charge is 0.384 e. The van der Waals surface area contributed by atoms with Crippen molar-refractivity contribution in [2.24, 2.45) is 5.92 Å². The van der Waals surface area contributed by atoms with Crippen LogP contribution >= 0.6 is 0 Å². The summed E-state index contributed by atoms with van der Waals surface area (Å²) >= 11 is 0. The van der Waals surface area contributed by atoms with Gasteiger partial charge in [-0.05, 0) is 71.1 Å². The maximum Gasteiger partial charge on any atom is 0.384 e. The second-order valence-electron chi connectivity index (χ2n) is 10.1. The molecule has 5 unspecified atom stereocenters. The quantitative estimate of drug-likeness (QED) is 0.0723. The molecule has 0 fully saturated rings. The lowest BCUT2D eigenvalue weighted by atomic mass is 9.92. The number of allylic oxidation sites excluding steroid dienone is 1. The summed E-state index contributed by atoms with van der Waals surface area (Å²) in [4.78, 5) is 12.1. The minimum absolute atomic E-state index is 0.0222. The van der Waals surface area contributed by atoms with Crippen LogP contribution in [0.5, 0.6) is 0 Å². The van der Waals surface area contributed by atoms with E-state index in [1.54, 1.807) is 14.0 Å². The normalized spacial score (nSPS) is 21.3. The Morgan fingerprint density at radius 1 is 1.21 bits per heavy atom. The molecule has 0 radical (unpaired) electrons. The lowest BCUT2D eigenvalue weighted by Gasteiger charge is -2.24. The first-order valence-corrected chi connectivity index (χ1v) is 14.5. The number of esters is 1. The van der Waals surface area contributed by atoms with E-state index in [2.05, 4.69) is 50.5 Å². The molecule has 2 aliphatic heterocycles. The summed E-state index contributed by atoms with van der Waals surface area (Å²) in [5.74, 6) is 5.17. The van der Waals surface area contributed by atoms with Crippen molar-refractivity contribution in [2.75, 3.05) is 20.3 Å². The van der Waals surface area contributed by atoms with E-state index < -0.39 is 5.97 Å². The average Bonchev–Trinajstić information content (AvgIpc) is 2.90. The van der Waals surface area contributed by atoms with Crippen molar-refractivity contribution in [2.45, 2.75) is 117 Å². The second kappa shape index (κ2) is 20.8. The first kappa shape index (κ1) is 33.9. The molecule has 5 nitrogen and oxygen atoms in total. The van der Waals surface area contributed by atoms with Gasteiger partial charge in [-0.3, -0.25) is 0 Å². The fourth-order valence-corrected chi connectivity index (χ4v) is 4.81. The van der Waals surface area contributed by atoms with Crippen LogP contribution in [0.3, 0.4) is 0 Å². The highest BCUT2D eigenvalue weighted by atomic mass is 16.6. The summed E-state index contributed by atoms with van der Waals surface area (Å²) in [5.41, 5.74) is 2.63. The van der Waals surface area contributed by atoms with Gasteiger partial charge in [0.2, 0.25) is 0 Å². The first-order valence-electron chi connectivity index (χ1n) is 14.5. The summed E-state index contributed by atoms with van der Waals surface area (Å²) < 4.78 is 23.0. The third-order valence-corrected chi connectivity index (χ3v) is 6.72. The van der Waals surface area contributed by atoms with Gasteiger partial charge < -0.3 is 18.9 Å². The number of ether oxygens (including phenoxy) is 4. The maximum atomic E-state index is 12.1. The number of carbonyl (C=O) groups excluding carboxylic acids is 1. The van der Waals surface area contributed by atoms with Crippen molar-refractivity contribution in [1.82, 2.24) is 0 Å². The zero-order valence-electron chi connectivity index (χ0n) is 24.8. The molecular formula is C33H52O5. The fraction of sp³-hybridized carbons (Fsp3) is 0.667. The fourth-order valence-electron chi connectivity index (χ4n) is 4.81. The highest BCUT2D eigenvalue weighted by Crippen LogP contribution is 2.24. The lowest BCUT2D eigenvalue weighted by molar-refractivity contribution is -0.147. The molecule has 0 aliphatic carbocycles. The molecule has 2 aliphatic rings. The van der Waals surface area contributed by atoms with Gasteiger partial charge in [0.05, 0.1) is 25.4 Å². The number of carbonyl (C=O) groups is 1. The Morgan fingerprint density at radius 2 is 2.00 bits per heavy atom. The standard InChI is InChI=1S/C31H46O5.C2H6/c1-6-12-31(32)36-30(29(33-5)17-16-28-22-25(3)18-20-35-28)15-9-7-8-13-24(2)21-26(4)23-27-14-10-11-19-34-27;1-2/h10-11,16-18,26-30H,2,7-9,13-15,19-23H2,1,3-5H3;1-2H3/b17-16+;. The van der Waals surface area contributed by atoms with Crippen LogP contribution in [-0.2, 0) is 23.7 Å². The molecule has 2 rings (SSSR count). The Morgan fingerprint density at radius 3 is 2.66 bits per heavy atom. The van der Waals surface area contributed by atoms with E-state index in [1.165, 1.54) is 11.1 Å². The van der Waals surface area contributed by atoms with E-state index in [0.717, 1.165) is 64.4 Å². The Balaban J connectivity index is 0.00000352. The molecule has 214 valence electrons. The monoisotopic (exact) mass is 528 g/mol. The number of unbranched alkanes of at least 4 members (excludes halogenated alkanes) is 2. The third kappa shape index (κ3) is 14.7. The van der Waals surface area contributed by atoms with Crippen LogP contribution in [0.25, 0.3) is 0 Å². The van der Waals surface area contributed by atoms with Crippen LogP contribution in [0.2, 0.25) is 0 Å². The van der Waals surface area contributed by atoms with Crippen molar-refractivity contribution in [3.05, 3.63) is 48.1 Å². The van der Waals surface area contributed by atoms with Crippen molar-refractivity contribution in [3.8, 4) is 11.8 Å². The van der Waals surface area contributed by atoms with Crippen molar-refractivity contribution in [3.63, 3.8) is 0 Å². The Labute approximate surface area is 232 Å². The Kier molecular flexibility index (Phi) is 18.5. The van der Waals surface area contributed by atoms with Crippen LogP contribution in [0.1, 0.15) is 92.4 Å². The molecule has 0 amide bonds. The van der Waals surface area contributed by atoms with Crippen LogP contribution in [-0.4, -0.2) is 50.7 Å². The van der Waals surface area contributed by atoms with Crippen LogP contribution in [0, 0.1) is 17.8 Å². The van der Waals surface area contributed by atoms with E-state index in [1.807, 2.05) is 26.0 Å². The average molecular weight is 529 g/mol. The number of methoxy groups -OCH3 is 1. The largest absolute Gasteiger partial charge is 0.450 e. The van der Waals surface area contributed by atoms with Gasteiger partial charge in [-0.15, -0.1) is 0 Å². The van der Waals surface area contributed by atoms with Gasteiger partial charge >= 0.3 is 5.97 Å². The molecule has 0 aromatic rings. The van der Waals surface area contributed by atoms with Crippen molar-refractivity contribution < 1.29 is 23.7 Å². The third-order valence-electron chi connectivity index (χ3n) is 6.72. The zero-order valence-corrected chi connectivity index (χ0v) is 24.8. The van der Waals surface area contributed by atoms with Gasteiger partial charge in [0.15, 0.2) is 0 Å². The van der Waals surface area contributed by atoms with Gasteiger partial charge in [0.1, 0.15) is 12.2 Å². The number of hydrogen-bond acceptors (Lipinski definition) is 5. The molecule has 0 N–H and O–H groups in total. The lowest BCUT2D eigenvalue weighted by Crippen LogP contribution is -2.31. The number of hydrogen-bond donors (Lipinski definition) is 0. The second-order valence-corrected chi connectivity index (χ2v) is 10.1. The zero-order chi connectivity index (χ0) is 28.2. The SMILES string of the molecule is C=C(CCCCCC(OC(=O)C#CC)C(/C=C/C1CC(C)=CCO1)OC)CC(C)CC1CC=CCO1.CC. The molecule has 0 bridgehead atoms. The van der Waals surface area contributed by atoms with Crippen LogP contribution < -0.4 is 0 Å². The molecule has 5 atom stereocenters. The van der Waals surface area contributed by atoms with Crippen LogP contribution in [0.4, 0.5) is 0 Å². The van der Waals surface area contributed by atoms with E-state index in [-0.39, 0.29) is 18.3 Å². The molecule has 0 saturated heterocycles. The summed E-state index contributed by atoms with van der Waals surface area (Å²) in [6.07, 6.45) is 18.9. The maximum absolute atomic E-state index is 12.1. The van der Waals surface area contributed by atoms with Gasteiger partial charge in [-0.2, -0.15) is 0 Å². The highest BCUT2D eigenvalue weighted by molar-refractivity contribution is 5.88. The molecular weight excluding hydrogens is 476 g/mol. The van der Waals surface area contributed by atoms with Crippen molar-refractivity contribution in [1.29, 1.82) is 0 Å². The summed E-state index contributed by atoms with van der Waals surface area (Å²) in [7, 11) is 1.65. The van der Waals surface area contributed by atoms with E-state index >= 15 is 0 Å². The molecule has 0 aromatic carbocycles. The number of rotatable bonds is 15. The van der Waals surface area contributed by atoms with Gasteiger partial charge in [0, 0.05) is 13.0 Å². The van der Waals surface area contributed by atoms with E-state index in [9.17, 15) is 4.79 Å². The molecule has 0 saturated carbocycles. The van der Waals surface area contributed by atoms with E-state index in [0.29, 0.717) is 18.6 Å². The molecule has 5 heteroatoms. The van der Waals surface area contributed by atoms with E-state index in [4.69, 9.17) is 18.9 Å². The molecule has 2 heterocycles. The Hall–Kier alpha value is -2.13. The molecule has 0 aromatic heterocycles. The topological polar surface area (TPSA) is 54.0 Å². The van der Waals surface area contributed by atoms with Gasteiger partial charge in [-0.1, -0.05) is 81.2 Å². The minimum Gasteiger partial charge on any atom is -0.450 e. The van der Waals surface area contributed by atoms with Gasteiger partial charge in [-0.25, -0.2) is 4.79 Å². The summed E-state index contributed by atoms with van der Waals surface area (Å²) in [6, 6.07) is 0. The summed E-state index contributed by atoms with van der Waals surface area (Å²) in [6.45, 7) is 15.7. The Bertz CT molecular complexity index is 828. The summed E-state index contributed by atoms with van der Waals surface area (Å²) in [5, 5.41) is 0. The molecule has 38 heavy (non-hydrogen) atoms. The van der Waals surface area contributed by atoms with Crippen molar-refractivity contribution >= 4 is 5.97 Å². The highest BCUT2D eigenvalue weighted by Gasteiger charge is 2.23.